The van der Waals surface area contributed by atoms with Gasteiger partial charge < -0.3 is 10.1 Å². The smallest absolute Gasteiger partial charge is 0.306 e. The molecule has 1 aliphatic rings. The Balaban J connectivity index is 2.31. The van der Waals surface area contributed by atoms with Crippen molar-refractivity contribution in [3.05, 3.63) is 0 Å². The molecular formula is C16H29NO3. The quantitative estimate of drug-likeness (QED) is 0.807. The van der Waals surface area contributed by atoms with Crippen LogP contribution in [0.2, 0.25) is 0 Å². The first-order chi connectivity index (χ1) is 9.19. The van der Waals surface area contributed by atoms with Crippen molar-refractivity contribution in [2.24, 2.45) is 11.8 Å². The van der Waals surface area contributed by atoms with Crippen LogP contribution in [0.1, 0.15) is 66.7 Å². The molecule has 0 aromatic rings. The fraction of sp³-hybridized carbons (Fsp3) is 0.875. The van der Waals surface area contributed by atoms with E-state index in [4.69, 9.17) is 4.74 Å². The predicted molar refractivity (Wildman–Crippen MR) is 79.2 cm³/mol. The zero-order valence-electron chi connectivity index (χ0n) is 13.5. The summed E-state index contributed by atoms with van der Waals surface area (Å²) in [7, 11) is 0. The van der Waals surface area contributed by atoms with Crippen molar-refractivity contribution in [1.29, 1.82) is 0 Å². The van der Waals surface area contributed by atoms with Gasteiger partial charge in [0.15, 0.2) is 0 Å². The average molecular weight is 283 g/mol. The van der Waals surface area contributed by atoms with Crippen LogP contribution < -0.4 is 5.32 Å². The van der Waals surface area contributed by atoms with Gasteiger partial charge in [0.2, 0.25) is 5.91 Å². The van der Waals surface area contributed by atoms with Crippen LogP contribution in [0.4, 0.5) is 0 Å². The van der Waals surface area contributed by atoms with E-state index in [0.29, 0.717) is 11.8 Å². The van der Waals surface area contributed by atoms with Crippen molar-refractivity contribution in [2.75, 3.05) is 0 Å². The molecule has 1 saturated carbocycles. The summed E-state index contributed by atoms with van der Waals surface area (Å²) in [6.45, 7) is 9.93. The van der Waals surface area contributed by atoms with Gasteiger partial charge in [0.05, 0.1) is 6.42 Å². The van der Waals surface area contributed by atoms with Crippen LogP contribution in [0, 0.1) is 11.8 Å². The molecular weight excluding hydrogens is 254 g/mol. The lowest BCUT2D eigenvalue weighted by atomic mass is 9.78. The minimum absolute atomic E-state index is 0.0400. The van der Waals surface area contributed by atoms with Crippen molar-refractivity contribution >= 4 is 11.9 Å². The summed E-state index contributed by atoms with van der Waals surface area (Å²) in [6, 6.07) is 0.255. The molecule has 3 atom stereocenters. The van der Waals surface area contributed by atoms with E-state index in [1.54, 1.807) is 0 Å². The first-order valence-electron chi connectivity index (χ1n) is 7.70. The summed E-state index contributed by atoms with van der Waals surface area (Å²) < 4.78 is 5.20. The number of rotatable bonds is 4. The predicted octanol–water partition coefficient (Wildman–Crippen LogP) is 3.05. The van der Waals surface area contributed by atoms with Gasteiger partial charge in [-0.3, -0.25) is 9.59 Å². The number of carbonyl (C=O) groups is 2. The van der Waals surface area contributed by atoms with Gasteiger partial charge in [-0.1, -0.05) is 26.7 Å². The second-order valence-electron chi connectivity index (χ2n) is 7.03. The molecule has 0 aliphatic heterocycles. The molecule has 4 heteroatoms. The van der Waals surface area contributed by atoms with E-state index < -0.39 is 5.60 Å². The van der Waals surface area contributed by atoms with Crippen LogP contribution in [0.15, 0.2) is 0 Å². The normalized spacial score (nSPS) is 26.9. The Bertz CT molecular complexity index is 346. The Labute approximate surface area is 122 Å². The highest BCUT2D eigenvalue weighted by molar-refractivity contribution is 5.81. The number of hydrogen-bond acceptors (Lipinski definition) is 3. The fourth-order valence-corrected chi connectivity index (χ4v) is 2.67. The molecule has 116 valence electrons. The Kier molecular flexibility index (Phi) is 6.03. The monoisotopic (exact) mass is 283 g/mol. The summed E-state index contributed by atoms with van der Waals surface area (Å²) in [5, 5.41) is 3.07. The maximum atomic E-state index is 11.9. The Morgan fingerprint density at radius 2 is 1.80 bits per heavy atom. The Morgan fingerprint density at radius 1 is 1.15 bits per heavy atom. The number of nitrogens with one attached hydrogen (secondary N) is 1. The van der Waals surface area contributed by atoms with Gasteiger partial charge in [0, 0.05) is 12.5 Å². The topological polar surface area (TPSA) is 55.4 Å². The molecule has 0 heterocycles. The van der Waals surface area contributed by atoms with E-state index >= 15 is 0 Å². The maximum absolute atomic E-state index is 11.9. The van der Waals surface area contributed by atoms with E-state index in [1.807, 2.05) is 20.8 Å². The molecule has 0 aromatic heterocycles. The van der Waals surface area contributed by atoms with Crippen molar-refractivity contribution < 1.29 is 14.3 Å². The molecule has 1 amide bonds. The van der Waals surface area contributed by atoms with Gasteiger partial charge in [-0.15, -0.1) is 0 Å². The van der Waals surface area contributed by atoms with Crippen molar-refractivity contribution in [3.63, 3.8) is 0 Å². The number of hydrogen-bond donors (Lipinski definition) is 1. The summed E-state index contributed by atoms with van der Waals surface area (Å²) in [4.78, 5) is 23.5. The average Bonchev–Trinajstić information content (AvgIpc) is 2.30. The summed E-state index contributed by atoms with van der Waals surface area (Å²) in [6.07, 6.45) is 3.82. The third-order valence-corrected chi connectivity index (χ3v) is 4.03. The minimum atomic E-state index is -0.485. The summed E-state index contributed by atoms with van der Waals surface area (Å²) >= 11 is 0. The lowest BCUT2D eigenvalue weighted by Crippen LogP contribution is -2.43. The zero-order valence-corrected chi connectivity index (χ0v) is 13.5. The van der Waals surface area contributed by atoms with Gasteiger partial charge >= 0.3 is 5.97 Å². The molecule has 1 rings (SSSR count). The van der Waals surface area contributed by atoms with Crippen molar-refractivity contribution in [2.45, 2.75) is 78.4 Å². The Morgan fingerprint density at radius 3 is 2.40 bits per heavy atom. The third kappa shape index (κ3) is 5.93. The van der Waals surface area contributed by atoms with Crippen LogP contribution in [0.5, 0.6) is 0 Å². The second-order valence-corrected chi connectivity index (χ2v) is 7.03. The molecule has 1 aliphatic carbocycles. The van der Waals surface area contributed by atoms with Gasteiger partial charge in [-0.05, 0) is 39.0 Å². The minimum Gasteiger partial charge on any atom is -0.460 e. The van der Waals surface area contributed by atoms with Crippen molar-refractivity contribution in [1.82, 2.24) is 5.32 Å². The highest BCUT2D eigenvalue weighted by atomic mass is 16.6. The van der Waals surface area contributed by atoms with Crippen LogP contribution in [-0.4, -0.2) is 23.5 Å². The van der Waals surface area contributed by atoms with Crippen molar-refractivity contribution in [3.8, 4) is 0 Å². The molecule has 0 saturated heterocycles. The Hall–Kier alpha value is -1.06. The molecule has 4 nitrogen and oxygen atoms in total. The van der Waals surface area contributed by atoms with Crippen LogP contribution in [0.25, 0.3) is 0 Å². The van der Waals surface area contributed by atoms with Crippen LogP contribution >= 0.6 is 0 Å². The summed E-state index contributed by atoms with van der Waals surface area (Å²) in [5.41, 5.74) is -0.485. The number of ether oxygens (including phenoxy) is 1. The van der Waals surface area contributed by atoms with Gasteiger partial charge in [0.25, 0.3) is 0 Å². The molecule has 20 heavy (non-hydrogen) atoms. The fourth-order valence-electron chi connectivity index (χ4n) is 2.67. The molecule has 0 aromatic carbocycles. The first-order valence-corrected chi connectivity index (χ1v) is 7.70. The van der Waals surface area contributed by atoms with E-state index in [0.717, 1.165) is 6.42 Å². The largest absolute Gasteiger partial charge is 0.460 e. The summed E-state index contributed by atoms with van der Waals surface area (Å²) in [5.74, 6) is 0.814. The van der Waals surface area contributed by atoms with E-state index in [9.17, 15) is 9.59 Å². The first kappa shape index (κ1) is 17.0. The third-order valence-electron chi connectivity index (χ3n) is 4.03. The second kappa shape index (κ2) is 7.09. The van der Waals surface area contributed by atoms with Crippen LogP contribution in [-0.2, 0) is 14.3 Å². The molecule has 0 radical (unpaired) electrons. The van der Waals surface area contributed by atoms with E-state index in [1.165, 1.54) is 12.8 Å². The molecule has 0 bridgehead atoms. The number of amides is 1. The van der Waals surface area contributed by atoms with Gasteiger partial charge in [-0.2, -0.15) is 0 Å². The molecule has 0 spiro atoms. The van der Waals surface area contributed by atoms with E-state index in [2.05, 4.69) is 19.2 Å². The standard InChI is InChI=1S/C16H29NO3/c1-11-7-6-8-13(12(11)2)17-14(18)9-10-15(19)20-16(3,4)5/h11-13H,6-10H2,1-5H3,(H,17,18). The highest BCUT2D eigenvalue weighted by Gasteiger charge is 2.28. The molecule has 1 fully saturated rings. The van der Waals surface area contributed by atoms with Gasteiger partial charge in [0.1, 0.15) is 5.60 Å². The van der Waals surface area contributed by atoms with Crippen LogP contribution in [0.3, 0.4) is 0 Å². The number of esters is 1. The number of carbonyl (C=O) groups excluding carboxylic acids is 2. The lowest BCUT2D eigenvalue weighted by molar-refractivity contribution is -0.155. The molecule has 1 N–H and O–H groups in total. The highest BCUT2D eigenvalue weighted by Crippen LogP contribution is 2.29. The van der Waals surface area contributed by atoms with Gasteiger partial charge in [-0.25, -0.2) is 0 Å². The molecule has 3 unspecified atom stereocenters. The maximum Gasteiger partial charge on any atom is 0.306 e. The zero-order chi connectivity index (χ0) is 15.3. The lowest BCUT2D eigenvalue weighted by Gasteiger charge is -2.34. The SMILES string of the molecule is CC1CCCC(NC(=O)CCC(=O)OC(C)(C)C)C1C. The van der Waals surface area contributed by atoms with E-state index in [-0.39, 0.29) is 30.8 Å².